The SMILES string of the molecule is CCc1n[nH]nc1OC(C)=O. The Bertz CT molecular complexity index is 256. The van der Waals surface area contributed by atoms with E-state index in [4.69, 9.17) is 4.74 Å². The summed E-state index contributed by atoms with van der Waals surface area (Å²) in [6.07, 6.45) is 0.694. The number of ether oxygens (including phenoxy) is 1. The molecule has 0 aromatic carbocycles. The van der Waals surface area contributed by atoms with Crippen LogP contribution in [0.4, 0.5) is 0 Å². The van der Waals surface area contributed by atoms with Gasteiger partial charge in [-0.1, -0.05) is 6.92 Å². The van der Waals surface area contributed by atoms with Gasteiger partial charge in [-0.15, -0.1) is 5.10 Å². The van der Waals surface area contributed by atoms with Crippen LogP contribution in [0.3, 0.4) is 0 Å². The lowest BCUT2D eigenvalue weighted by Gasteiger charge is -1.95. The van der Waals surface area contributed by atoms with Gasteiger partial charge in [0.1, 0.15) is 5.69 Å². The molecule has 5 heteroatoms. The van der Waals surface area contributed by atoms with Gasteiger partial charge in [0.2, 0.25) is 0 Å². The minimum Gasteiger partial charge on any atom is -0.404 e. The molecule has 0 aliphatic rings. The maximum atomic E-state index is 10.5. The highest BCUT2D eigenvalue weighted by Gasteiger charge is 2.07. The number of esters is 1. The fourth-order valence-electron chi connectivity index (χ4n) is 0.691. The van der Waals surface area contributed by atoms with Crippen molar-refractivity contribution in [3.8, 4) is 5.88 Å². The number of hydrogen-bond donors (Lipinski definition) is 1. The summed E-state index contributed by atoms with van der Waals surface area (Å²) < 4.78 is 4.73. The van der Waals surface area contributed by atoms with Gasteiger partial charge in [-0.2, -0.15) is 10.3 Å². The number of rotatable bonds is 2. The summed E-state index contributed by atoms with van der Waals surface area (Å²) in [6.45, 7) is 3.24. The number of nitrogens with one attached hydrogen (secondary N) is 1. The Kier molecular flexibility index (Phi) is 2.20. The van der Waals surface area contributed by atoms with E-state index in [0.29, 0.717) is 12.1 Å². The Labute approximate surface area is 63.8 Å². The van der Waals surface area contributed by atoms with Crippen LogP contribution in [-0.4, -0.2) is 21.4 Å². The molecule has 1 aromatic heterocycles. The van der Waals surface area contributed by atoms with E-state index in [2.05, 4.69) is 15.4 Å². The van der Waals surface area contributed by atoms with Crippen molar-refractivity contribution in [2.24, 2.45) is 0 Å². The van der Waals surface area contributed by atoms with Crippen LogP contribution < -0.4 is 4.74 Å². The third kappa shape index (κ3) is 1.76. The van der Waals surface area contributed by atoms with Gasteiger partial charge in [0, 0.05) is 6.92 Å². The first-order valence-corrected chi connectivity index (χ1v) is 3.32. The Morgan fingerprint density at radius 1 is 1.64 bits per heavy atom. The zero-order valence-electron chi connectivity index (χ0n) is 6.42. The summed E-state index contributed by atoms with van der Waals surface area (Å²) in [5.74, 6) is -0.103. The van der Waals surface area contributed by atoms with Gasteiger partial charge < -0.3 is 4.74 Å². The number of aryl methyl sites for hydroxylation is 1. The van der Waals surface area contributed by atoms with Gasteiger partial charge in [0.15, 0.2) is 0 Å². The van der Waals surface area contributed by atoms with Crippen molar-refractivity contribution in [1.82, 2.24) is 15.4 Å². The van der Waals surface area contributed by atoms with Crippen LogP contribution in [0, 0.1) is 0 Å². The standard InChI is InChI=1S/C6H9N3O2/c1-3-5-6(8-9-7-5)11-4(2)10/h3H2,1-2H3,(H,7,8,9). The lowest BCUT2D eigenvalue weighted by Crippen LogP contribution is -2.03. The van der Waals surface area contributed by atoms with E-state index in [1.807, 2.05) is 6.92 Å². The number of H-pyrrole nitrogens is 1. The van der Waals surface area contributed by atoms with Crippen molar-refractivity contribution in [3.63, 3.8) is 0 Å². The molecule has 60 valence electrons. The molecule has 0 bridgehead atoms. The molecule has 1 heterocycles. The number of aromatic nitrogens is 3. The van der Waals surface area contributed by atoms with Crippen LogP contribution in [-0.2, 0) is 11.2 Å². The van der Waals surface area contributed by atoms with Gasteiger partial charge >= 0.3 is 5.97 Å². The molecule has 11 heavy (non-hydrogen) atoms. The molecule has 1 N–H and O–H groups in total. The summed E-state index contributed by atoms with van der Waals surface area (Å²) >= 11 is 0. The van der Waals surface area contributed by atoms with Crippen molar-refractivity contribution < 1.29 is 9.53 Å². The summed E-state index contributed by atoms with van der Waals surface area (Å²) in [5.41, 5.74) is 0.667. The van der Waals surface area contributed by atoms with Gasteiger partial charge in [-0.25, -0.2) is 0 Å². The van der Waals surface area contributed by atoms with E-state index in [-0.39, 0.29) is 11.8 Å². The summed E-state index contributed by atoms with van der Waals surface area (Å²) in [5, 5.41) is 9.80. The maximum Gasteiger partial charge on any atom is 0.309 e. The molecule has 0 spiro atoms. The van der Waals surface area contributed by atoms with E-state index in [1.165, 1.54) is 6.92 Å². The Hall–Kier alpha value is -1.39. The highest BCUT2D eigenvalue weighted by Crippen LogP contribution is 2.10. The molecule has 0 saturated carbocycles. The number of carbonyl (C=O) groups is 1. The van der Waals surface area contributed by atoms with E-state index < -0.39 is 0 Å². The van der Waals surface area contributed by atoms with Gasteiger partial charge in [0.25, 0.3) is 5.88 Å². The van der Waals surface area contributed by atoms with E-state index in [9.17, 15) is 4.79 Å². The first-order chi connectivity index (χ1) is 5.24. The predicted molar refractivity (Wildman–Crippen MR) is 37.1 cm³/mol. The van der Waals surface area contributed by atoms with Gasteiger partial charge in [-0.3, -0.25) is 4.79 Å². The number of nitrogens with zero attached hydrogens (tertiary/aromatic N) is 2. The zero-order valence-corrected chi connectivity index (χ0v) is 6.42. The second-order valence-electron chi connectivity index (χ2n) is 2.02. The van der Waals surface area contributed by atoms with Crippen LogP contribution in [0.5, 0.6) is 5.88 Å². The molecule has 5 nitrogen and oxygen atoms in total. The first kappa shape index (κ1) is 7.71. The molecule has 0 atom stereocenters. The normalized spacial score (nSPS) is 9.64. The molecule has 1 aromatic rings. The fraction of sp³-hybridized carbons (Fsp3) is 0.500. The predicted octanol–water partition coefficient (Wildman–Crippen LogP) is 0.292. The molecular formula is C6H9N3O2. The molecular weight excluding hydrogens is 146 g/mol. The minimum atomic E-state index is -0.381. The summed E-state index contributed by atoms with van der Waals surface area (Å²) in [4.78, 5) is 10.5. The van der Waals surface area contributed by atoms with Crippen LogP contribution in [0.2, 0.25) is 0 Å². The average Bonchev–Trinajstić information content (AvgIpc) is 2.34. The van der Waals surface area contributed by atoms with Crippen molar-refractivity contribution >= 4 is 5.97 Å². The molecule has 0 saturated heterocycles. The summed E-state index contributed by atoms with van der Waals surface area (Å²) in [7, 11) is 0. The molecule has 0 aliphatic heterocycles. The monoisotopic (exact) mass is 155 g/mol. The van der Waals surface area contributed by atoms with Crippen molar-refractivity contribution in [3.05, 3.63) is 5.69 Å². The second kappa shape index (κ2) is 3.14. The number of hydrogen-bond acceptors (Lipinski definition) is 4. The fourth-order valence-corrected chi connectivity index (χ4v) is 0.691. The van der Waals surface area contributed by atoms with Gasteiger partial charge in [0.05, 0.1) is 0 Å². The molecule has 0 radical (unpaired) electrons. The van der Waals surface area contributed by atoms with Crippen molar-refractivity contribution in [1.29, 1.82) is 0 Å². The van der Waals surface area contributed by atoms with E-state index in [0.717, 1.165) is 0 Å². The quantitative estimate of drug-likeness (QED) is 0.623. The first-order valence-electron chi connectivity index (χ1n) is 3.32. The van der Waals surface area contributed by atoms with E-state index in [1.54, 1.807) is 0 Å². The second-order valence-corrected chi connectivity index (χ2v) is 2.02. The maximum absolute atomic E-state index is 10.5. The highest BCUT2D eigenvalue weighted by molar-refractivity contribution is 5.68. The topological polar surface area (TPSA) is 67.9 Å². The molecule has 1 rings (SSSR count). The van der Waals surface area contributed by atoms with Gasteiger partial charge in [-0.05, 0) is 6.42 Å². The average molecular weight is 155 g/mol. The number of aromatic amines is 1. The Morgan fingerprint density at radius 3 is 2.91 bits per heavy atom. The Balaban J connectivity index is 2.76. The lowest BCUT2D eigenvalue weighted by atomic mass is 10.4. The zero-order chi connectivity index (χ0) is 8.27. The highest BCUT2D eigenvalue weighted by atomic mass is 16.5. The number of carbonyl (C=O) groups excluding carboxylic acids is 1. The molecule has 0 unspecified atom stereocenters. The third-order valence-electron chi connectivity index (χ3n) is 1.16. The van der Waals surface area contributed by atoms with E-state index >= 15 is 0 Å². The van der Waals surface area contributed by atoms with Crippen LogP contribution in [0.25, 0.3) is 0 Å². The molecule has 0 amide bonds. The molecule has 0 fully saturated rings. The van der Waals surface area contributed by atoms with Crippen molar-refractivity contribution in [2.75, 3.05) is 0 Å². The smallest absolute Gasteiger partial charge is 0.309 e. The molecule has 0 aliphatic carbocycles. The summed E-state index contributed by atoms with van der Waals surface area (Å²) in [6, 6.07) is 0. The Morgan fingerprint density at radius 2 is 2.36 bits per heavy atom. The lowest BCUT2D eigenvalue weighted by molar-refractivity contribution is -0.132. The van der Waals surface area contributed by atoms with Crippen LogP contribution >= 0.6 is 0 Å². The third-order valence-corrected chi connectivity index (χ3v) is 1.16. The van der Waals surface area contributed by atoms with Crippen molar-refractivity contribution in [2.45, 2.75) is 20.3 Å². The largest absolute Gasteiger partial charge is 0.404 e. The van der Waals surface area contributed by atoms with Crippen LogP contribution in [0.1, 0.15) is 19.5 Å². The minimum absolute atomic E-state index is 0.278. The van der Waals surface area contributed by atoms with Crippen LogP contribution in [0.15, 0.2) is 0 Å².